The van der Waals surface area contributed by atoms with Gasteiger partial charge in [0.2, 0.25) is 0 Å². The van der Waals surface area contributed by atoms with E-state index in [9.17, 15) is 0 Å². The lowest BCUT2D eigenvalue weighted by Gasteiger charge is -2.32. The van der Waals surface area contributed by atoms with E-state index in [2.05, 4.69) is 168 Å². The molecule has 7 aromatic rings. The summed E-state index contributed by atoms with van der Waals surface area (Å²) in [5, 5.41) is 2.60. The fourth-order valence-corrected chi connectivity index (χ4v) is 8.12. The van der Waals surface area contributed by atoms with Gasteiger partial charge in [-0.05, 0) is 89.7 Å². The Bertz CT molecular complexity index is 2160. The van der Waals surface area contributed by atoms with Crippen LogP contribution in [-0.2, 0) is 5.41 Å². The van der Waals surface area contributed by atoms with Gasteiger partial charge in [-0.15, -0.1) is 0 Å². The van der Waals surface area contributed by atoms with Crippen molar-refractivity contribution in [3.63, 3.8) is 0 Å². The van der Waals surface area contributed by atoms with Gasteiger partial charge in [-0.1, -0.05) is 155 Å². The molecule has 0 unspecified atom stereocenters. The molecule has 0 bridgehead atoms. The van der Waals surface area contributed by atoms with E-state index in [1.54, 1.807) is 0 Å². The van der Waals surface area contributed by atoms with E-state index in [1.165, 1.54) is 77.5 Å². The van der Waals surface area contributed by atoms with E-state index in [0.717, 1.165) is 4.47 Å². The number of hydrogen-bond acceptors (Lipinski definition) is 0. The molecule has 0 aliphatic heterocycles. The summed E-state index contributed by atoms with van der Waals surface area (Å²) in [6, 6.07) is 56.2. The summed E-state index contributed by atoms with van der Waals surface area (Å²) in [6.07, 6.45) is 0. The first-order valence-corrected chi connectivity index (χ1v) is 15.3. The van der Waals surface area contributed by atoms with E-state index in [1.807, 2.05) is 0 Å². The molecule has 0 saturated heterocycles. The molecule has 0 atom stereocenters. The second-order valence-electron chi connectivity index (χ2n) is 11.4. The van der Waals surface area contributed by atoms with Gasteiger partial charge in [0.25, 0.3) is 0 Å². The minimum atomic E-state index is -0.387. The van der Waals surface area contributed by atoms with Gasteiger partial charge in [-0.25, -0.2) is 0 Å². The molecule has 0 radical (unpaired) electrons. The highest BCUT2D eigenvalue weighted by molar-refractivity contribution is 9.10. The fourth-order valence-electron chi connectivity index (χ4n) is 7.72. The van der Waals surface area contributed by atoms with Gasteiger partial charge in [-0.2, -0.15) is 0 Å². The molecule has 0 heterocycles. The lowest BCUT2D eigenvalue weighted by molar-refractivity contribution is 0.796. The molecular weight excluding hydrogens is 572 g/mol. The maximum atomic E-state index is 3.64. The van der Waals surface area contributed by atoms with E-state index in [4.69, 9.17) is 0 Å². The minimum Gasteiger partial charge on any atom is -0.0619 e. The molecule has 42 heavy (non-hydrogen) atoms. The summed E-state index contributed by atoms with van der Waals surface area (Å²) < 4.78 is 1.09. The zero-order valence-corrected chi connectivity index (χ0v) is 24.4. The standard InChI is InChI=1S/C41H25Br/c42-30-11-7-10-29(25-30)26-19-21-28(22-20-26)32-15-8-16-35-39-31-12-2-1-9-27(31)23-24-38(39)41(40(32)35)36-17-5-3-13-33(36)34-14-4-6-18-37(34)41/h1-25H. The van der Waals surface area contributed by atoms with Crippen molar-refractivity contribution in [3.8, 4) is 44.5 Å². The van der Waals surface area contributed by atoms with Crippen molar-refractivity contribution >= 4 is 26.7 Å². The Balaban J connectivity index is 1.38. The highest BCUT2D eigenvalue weighted by Crippen LogP contribution is 2.65. The lowest BCUT2D eigenvalue weighted by Crippen LogP contribution is -2.26. The van der Waals surface area contributed by atoms with Crippen LogP contribution in [0.1, 0.15) is 22.3 Å². The van der Waals surface area contributed by atoms with Crippen LogP contribution in [0.25, 0.3) is 55.3 Å². The molecule has 1 heteroatoms. The van der Waals surface area contributed by atoms with Crippen LogP contribution in [0.4, 0.5) is 0 Å². The molecule has 9 rings (SSSR count). The zero-order valence-electron chi connectivity index (χ0n) is 22.8. The minimum absolute atomic E-state index is 0.387. The van der Waals surface area contributed by atoms with Crippen LogP contribution in [0.2, 0.25) is 0 Å². The predicted octanol–water partition coefficient (Wildman–Crippen LogP) is 11.3. The number of rotatable bonds is 2. The number of halogens is 1. The number of hydrogen-bond donors (Lipinski definition) is 0. The fraction of sp³-hybridized carbons (Fsp3) is 0.0244. The Kier molecular flexibility index (Phi) is 5.06. The van der Waals surface area contributed by atoms with E-state index < -0.39 is 0 Å². The lowest BCUT2D eigenvalue weighted by atomic mass is 9.68. The monoisotopic (exact) mass is 596 g/mol. The third-order valence-corrected chi connectivity index (χ3v) is 9.84. The maximum Gasteiger partial charge on any atom is 0.0731 e. The molecule has 2 aliphatic rings. The third-order valence-electron chi connectivity index (χ3n) is 9.35. The Morgan fingerprint density at radius 2 is 1.02 bits per heavy atom. The van der Waals surface area contributed by atoms with Gasteiger partial charge in [-0.3, -0.25) is 0 Å². The molecule has 2 aliphatic carbocycles. The van der Waals surface area contributed by atoms with Crippen molar-refractivity contribution in [2.75, 3.05) is 0 Å². The number of benzene rings is 7. The molecule has 0 nitrogen and oxygen atoms in total. The summed E-state index contributed by atoms with van der Waals surface area (Å²) in [7, 11) is 0. The van der Waals surface area contributed by atoms with Gasteiger partial charge in [0, 0.05) is 4.47 Å². The highest BCUT2D eigenvalue weighted by atomic mass is 79.9. The molecule has 0 fully saturated rings. The molecular formula is C41H25Br. The van der Waals surface area contributed by atoms with Crippen molar-refractivity contribution in [2.45, 2.75) is 5.41 Å². The summed E-state index contributed by atoms with van der Waals surface area (Å²) in [5.74, 6) is 0. The van der Waals surface area contributed by atoms with Gasteiger partial charge in [0.15, 0.2) is 0 Å². The first-order valence-electron chi connectivity index (χ1n) is 14.5. The van der Waals surface area contributed by atoms with Crippen molar-refractivity contribution in [3.05, 3.63) is 178 Å². The Hall–Kier alpha value is -4.72. The maximum absolute atomic E-state index is 3.64. The molecule has 7 aromatic carbocycles. The van der Waals surface area contributed by atoms with E-state index >= 15 is 0 Å². The second-order valence-corrected chi connectivity index (χ2v) is 12.3. The summed E-state index contributed by atoms with van der Waals surface area (Å²) in [4.78, 5) is 0. The highest BCUT2D eigenvalue weighted by Gasteiger charge is 2.53. The molecule has 0 saturated carbocycles. The Labute approximate surface area is 254 Å². The summed E-state index contributed by atoms with van der Waals surface area (Å²) >= 11 is 3.64. The van der Waals surface area contributed by atoms with Gasteiger partial charge in [0.05, 0.1) is 5.41 Å². The average molecular weight is 598 g/mol. The molecule has 0 N–H and O–H groups in total. The first-order chi connectivity index (χ1) is 20.7. The largest absolute Gasteiger partial charge is 0.0731 e. The SMILES string of the molecule is Brc1cccc(-c2ccc(-c3cccc4c3C3(c5ccccc5-c5ccccc53)c3ccc5ccccc5c3-4)cc2)c1. The van der Waals surface area contributed by atoms with Crippen LogP contribution in [0.15, 0.2) is 156 Å². The van der Waals surface area contributed by atoms with Crippen LogP contribution in [0.5, 0.6) is 0 Å². The van der Waals surface area contributed by atoms with Crippen molar-refractivity contribution < 1.29 is 0 Å². The van der Waals surface area contributed by atoms with Gasteiger partial charge < -0.3 is 0 Å². The van der Waals surface area contributed by atoms with Crippen LogP contribution < -0.4 is 0 Å². The topological polar surface area (TPSA) is 0 Å². The van der Waals surface area contributed by atoms with Crippen LogP contribution in [0, 0.1) is 0 Å². The summed E-state index contributed by atoms with van der Waals surface area (Å²) in [5.41, 5.74) is 15.5. The number of fused-ring (bicyclic) bond motifs is 12. The van der Waals surface area contributed by atoms with Crippen molar-refractivity contribution in [2.24, 2.45) is 0 Å². The molecule has 0 aromatic heterocycles. The van der Waals surface area contributed by atoms with Gasteiger partial charge in [0.1, 0.15) is 0 Å². The summed E-state index contributed by atoms with van der Waals surface area (Å²) in [6.45, 7) is 0. The molecule has 196 valence electrons. The quantitative estimate of drug-likeness (QED) is 0.186. The smallest absolute Gasteiger partial charge is 0.0619 e. The zero-order chi connectivity index (χ0) is 27.8. The average Bonchev–Trinajstić information content (AvgIpc) is 3.52. The third kappa shape index (κ3) is 3.12. The van der Waals surface area contributed by atoms with Gasteiger partial charge >= 0.3 is 0 Å². The van der Waals surface area contributed by atoms with E-state index in [0.29, 0.717) is 0 Å². The Morgan fingerprint density at radius 3 is 1.79 bits per heavy atom. The van der Waals surface area contributed by atoms with Crippen LogP contribution in [-0.4, -0.2) is 0 Å². The van der Waals surface area contributed by atoms with Crippen molar-refractivity contribution in [1.82, 2.24) is 0 Å². The predicted molar refractivity (Wildman–Crippen MR) is 179 cm³/mol. The normalized spacial score (nSPS) is 13.5. The van der Waals surface area contributed by atoms with Crippen molar-refractivity contribution in [1.29, 1.82) is 0 Å². The second kappa shape index (κ2) is 8.89. The van der Waals surface area contributed by atoms with Crippen LogP contribution >= 0.6 is 15.9 Å². The molecule has 1 spiro atoms. The van der Waals surface area contributed by atoms with Crippen LogP contribution in [0.3, 0.4) is 0 Å². The molecule has 0 amide bonds. The van der Waals surface area contributed by atoms with E-state index in [-0.39, 0.29) is 5.41 Å². The Morgan fingerprint density at radius 1 is 0.405 bits per heavy atom. The first kappa shape index (κ1) is 23.9.